The average Bonchev–Trinajstić information content (AvgIpc) is 2.47. The highest BCUT2D eigenvalue weighted by atomic mass is 16.5. The van der Waals surface area contributed by atoms with Gasteiger partial charge in [0, 0.05) is 7.05 Å². The first-order chi connectivity index (χ1) is 7.13. The third kappa shape index (κ3) is 1.58. The number of rotatable bonds is 2. The van der Waals surface area contributed by atoms with E-state index in [1.807, 2.05) is 18.5 Å². The van der Waals surface area contributed by atoms with Crippen molar-refractivity contribution in [2.24, 2.45) is 7.05 Å². The molecule has 0 amide bonds. The van der Waals surface area contributed by atoms with E-state index in [0.29, 0.717) is 12.6 Å². The molecular formula is C12H16N2O. The average molecular weight is 204 g/mol. The molecule has 1 aromatic carbocycles. The Morgan fingerprint density at radius 1 is 1.33 bits per heavy atom. The van der Waals surface area contributed by atoms with Gasteiger partial charge >= 0.3 is 0 Å². The molecule has 0 aliphatic rings. The first-order valence-corrected chi connectivity index (χ1v) is 5.20. The summed E-state index contributed by atoms with van der Waals surface area (Å²) < 4.78 is 7.47. The Morgan fingerprint density at radius 3 is 2.73 bits per heavy atom. The number of aryl methyl sites for hydroxylation is 3. The molecule has 3 heteroatoms. The zero-order chi connectivity index (χ0) is 11.0. The smallest absolute Gasteiger partial charge is 0.297 e. The Morgan fingerprint density at radius 2 is 2.07 bits per heavy atom. The van der Waals surface area contributed by atoms with E-state index in [2.05, 4.69) is 31.0 Å². The van der Waals surface area contributed by atoms with Gasteiger partial charge < -0.3 is 4.74 Å². The van der Waals surface area contributed by atoms with E-state index in [0.717, 1.165) is 11.0 Å². The molecule has 0 atom stereocenters. The van der Waals surface area contributed by atoms with Crippen LogP contribution < -0.4 is 4.74 Å². The van der Waals surface area contributed by atoms with Crippen molar-refractivity contribution in [2.75, 3.05) is 6.61 Å². The van der Waals surface area contributed by atoms with Gasteiger partial charge in [-0.3, -0.25) is 4.57 Å². The van der Waals surface area contributed by atoms with Gasteiger partial charge in [0.2, 0.25) is 0 Å². The third-order valence-electron chi connectivity index (χ3n) is 2.55. The first kappa shape index (κ1) is 10.0. The van der Waals surface area contributed by atoms with Crippen molar-refractivity contribution < 1.29 is 4.74 Å². The molecule has 0 aliphatic carbocycles. The van der Waals surface area contributed by atoms with Crippen molar-refractivity contribution in [1.82, 2.24) is 9.55 Å². The van der Waals surface area contributed by atoms with Crippen LogP contribution in [0.5, 0.6) is 6.01 Å². The van der Waals surface area contributed by atoms with E-state index >= 15 is 0 Å². The number of nitrogens with zero attached hydrogens (tertiary/aromatic N) is 2. The maximum absolute atomic E-state index is 5.47. The molecule has 3 nitrogen and oxygen atoms in total. The highest BCUT2D eigenvalue weighted by molar-refractivity contribution is 5.81. The van der Waals surface area contributed by atoms with Gasteiger partial charge in [0.05, 0.1) is 17.6 Å². The van der Waals surface area contributed by atoms with Gasteiger partial charge in [-0.15, -0.1) is 0 Å². The van der Waals surface area contributed by atoms with Crippen LogP contribution in [-0.2, 0) is 7.05 Å². The number of hydrogen-bond donors (Lipinski definition) is 0. The van der Waals surface area contributed by atoms with Crippen LogP contribution in [0.25, 0.3) is 11.0 Å². The van der Waals surface area contributed by atoms with E-state index in [-0.39, 0.29) is 0 Å². The number of imidazole rings is 1. The standard InChI is InChI=1S/C12H16N2O/c1-5-15-12-13-11-9(3)6-8(2)7-10(11)14(12)4/h6-7H,5H2,1-4H3. The van der Waals surface area contributed by atoms with Gasteiger partial charge in [-0.25, -0.2) is 0 Å². The molecule has 0 saturated heterocycles. The summed E-state index contributed by atoms with van der Waals surface area (Å²) in [6.07, 6.45) is 0. The van der Waals surface area contributed by atoms with Crippen molar-refractivity contribution in [3.8, 4) is 6.01 Å². The van der Waals surface area contributed by atoms with Crippen LogP contribution in [0.1, 0.15) is 18.1 Å². The minimum absolute atomic E-state index is 0.648. The predicted molar refractivity (Wildman–Crippen MR) is 61.4 cm³/mol. The van der Waals surface area contributed by atoms with E-state index in [9.17, 15) is 0 Å². The number of aromatic nitrogens is 2. The normalized spacial score (nSPS) is 10.9. The van der Waals surface area contributed by atoms with E-state index < -0.39 is 0 Å². The summed E-state index contributed by atoms with van der Waals surface area (Å²) >= 11 is 0. The first-order valence-electron chi connectivity index (χ1n) is 5.20. The van der Waals surface area contributed by atoms with Gasteiger partial charge in [-0.1, -0.05) is 6.07 Å². The second-order valence-corrected chi connectivity index (χ2v) is 3.84. The Labute approximate surface area is 89.7 Å². The van der Waals surface area contributed by atoms with Crippen LogP contribution in [0, 0.1) is 13.8 Å². The van der Waals surface area contributed by atoms with Crippen LogP contribution in [0.4, 0.5) is 0 Å². The molecule has 1 aromatic heterocycles. The lowest BCUT2D eigenvalue weighted by Gasteiger charge is -2.02. The molecule has 2 rings (SSSR count). The second-order valence-electron chi connectivity index (χ2n) is 3.84. The lowest BCUT2D eigenvalue weighted by Crippen LogP contribution is -1.98. The maximum atomic E-state index is 5.47. The fourth-order valence-electron chi connectivity index (χ4n) is 1.87. The summed E-state index contributed by atoms with van der Waals surface area (Å²) in [5.74, 6) is 0. The molecule has 0 radical (unpaired) electrons. The van der Waals surface area contributed by atoms with E-state index in [4.69, 9.17) is 4.74 Å². The number of fused-ring (bicyclic) bond motifs is 1. The molecule has 0 bridgehead atoms. The van der Waals surface area contributed by atoms with Crippen LogP contribution in [-0.4, -0.2) is 16.2 Å². The fraction of sp³-hybridized carbons (Fsp3) is 0.417. The zero-order valence-electron chi connectivity index (χ0n) is 9.66. The van der Waals surface area contributed by atoms with E-state index in [1.54, 1.807) is 0 Å². The highest BCUT2D eigenvalue weighted by Crippen LogP contribution is 2.24. The Bertz CT molecular complexity index is 500. The van der Waals surface area contributed by atoms with Crippen molar-refractivity contribution in [2.45, 2.75) is 20.8 Å². The summed E-state index contributed by atoms with van der Waals surface area (Å²) in [6, 6.07) is 4.98. The fourth-order valence-corrected chi connectivity index (χ4v) is 1.87. The van der Waals surface area contributed by atoms with Crippen LogP contribution >= 0.6 is 0 Å². The zero-order valence-corrected chi connectivity index (χ0v) is 9.66. The molecule has 0 fully saturated rings. The van der Waals surface area contributed by atoms with Gasteiger partial charge in [-0.05, 0) is 38.0 Å². The van der Waals surface area contributed by atoms with Gasteiger partial charge in [0.25, 0.3) is 6.01 Å². The van der Waals surface area contributed by atoms with Gasteiger partial charge in [0.15, 0.2) is 0 Å². The molecule has 0 unspecified atom stereocenters. The van der Waals surface area contributed by atoms with Crippen molar-refractivity contribution >= 4 is 11.0 Å². The van der Waals surface area contributed by atoms with Gasteiger partial charge in [-0.2, -0.15) is 4.98 Å². The largest absolute Gasteiger partial charge is 0.465 e. The van der Waals surface area contributed by atoms with E-state index in [1.165, 1.54) is 11.1 Å². The van der Waals surface area contributed by atoms with Gasteiger partial charge in [0.1, 0.15) is 0 Å². The minimum atomic E-state index is 0.648. The van der Waals surface area contributed by atoms with Crippen molar-refractivity contribution in [3.63, 3.8) is 0 Å². The molecule has 2 aromatic rings. The summed E-state index contributed by atoms with van der Waals surface area (Å²) in [6.45, 7) is 6.80. The molecule has 0 saturated carbocycles. The number of benzene rings is 1. The van der Waals surface area contributed by atoms with Crippen LogP contribution in [0.15, 0.2) is 12.1 Å². The second kappa shape index (κ2) is 3.57. The summed E-state index contributed by atoms with van der Waals surface area (Å²) in [5.41, 5.74) is 4.63. The highest BCUT2D eigenvalue weighted by Gasteiger charge is 2.10. The van der Waals surface area contributed by atoms with Crippen molar-refractivity contribution in [1.29, 1.82) is 0 Å². The Balaban J connectivity index is 2.70. The predicted octanol–water partition coefficient (Wildman–Crippen LogP) is 2.59. The summed E-state index contributed by atoms with van der Waals surface area (Å²) in [7, 11) is 1.99. The molecule has 15 heavy (non-hydrogen) atoms. The summed E-state index contributed by atoms with van der Waals surface area (Å²) in [5, 5.41) is 0. The molecule has 80 valence electrons. The molecule has 0 spiro atoms. The summed E-state index contributed by atoms with van der Waals surface area (Å²) in [4.78, 5) is 4.48. The lowest BCUT2D eigenvalue weighted by atomic mass is 10.1. The molecule has 1 heterocycles. The monoisotopic (exact) mass is 204 g/mol. The quantitative estimate of drug-likeness (QED) is 0.751. The maximum Gasteiger partial charge on any atom is 0.297 e. The Hall–Kier alpha value is -1.51. The number of ether oxygens (including phenoxy) is 1. The Kier molecular flexibility index (Phi) is 2.39. The van der Waals surface area contributed by atoms with Crippen LogP contribution in [0.3, 0.4) is 0 Å². The molecular weight excluding hydrogens is 188 g/mol. The van der Waals surface area contributed by atoms with Crippen LogP contribution in [0.2, 0.25) is 0 Å². The molecule has 0 aliphatic heterocycles. The third-order valence-corrected chi connectivity index (χ3v) is 2.55. The minimum Gasteiger partial charge on any atom is -0.465 e. The SMILES string of the molecule is CCOc1nc2c(C)cc(C)cc2n1C. The number of hydrogen-bond acceptors (Lipinski definition) is 2. The molecule has 0 N–H and O–H groups in total. The lowest BCUT2D eigenvalue weighted by molar-refractivity contribution is 0.304. The topological polar surface area (TPSA) is 27.1 Å². The van der Waals surface area contributed by atoms with Crippen molar-refractivity contribution in [3.05, 3.63) is 23.3 Å².